The van der Waals surface area contributed by atoms with Crippen molar-refractivity contribution in [2.24, 2.45) is 5.41 Å². The van der Waals surface area contributed by atoms with Crippen LogP contribution in [0.15, 0.2) is 72.9 Å². The first-order chi connectivity index (χ1) is 16.3. The van der Waals surface area contributed by atoms with Gasteiger partial charge in [0.05, 0.1) is 23.4 Å². The lowest BCUT2D eigenvalue weighted by atomic mass is 10.0. The van der Waals surface area contributed by atoms with Crippen LogP contribution < -0.4 is 10.1 Å². The number of nitrogens with zero attached hydrogens (tertiary/aromatic N) is 2. The molecule has 1 aliphatic carbocycles. The summed E-state index contributed by atoms with van der Waals surface area (Å²) in [6.45, 7) is 3.93. The number of carbonyl (C=O) groups is 1. The number of halogens is 2. The van der Waals surface area contributed by atoms with Gasteiger partial charge < -0.3 is 10.1 Å². The van der Waals surface area contributed by atoms with Crippen molar-refractivity contribution in [2.75, 3.05) is 0 Å². The van der Waals surface area contributed by atoms with Crippen molar-refractivity contribution in [3.63, 3.8) is 0 Å². The van der Waals surface area contributed by atoms with Crippen LogP contribution in [0.2, 0.25) is 5.02 Å². The fourth-order valence-electron chi connectivity index (χ4n) is 4.03. The molecule has 0 spiro atoms. The molecule has 1 fully saturated rings. The lowest BCUT2D eigenvalue weighted by Crippen LogP contribution is -2.42. The second kappa shape index (κ2) is 9.70. The molecule has 182 valence electrons. The number of fused-ring (bicyclic) bond motifs is 1. The first-order valence-corrected chi connectivity index (χ1v) is 11.7. The molecule has 0 unspecified atom stereocenters. The van der Waals surface area contributed by atoms with Crippen LogP contribution >= 0.6 is 11.6 Å². The average Bonchev–Trinajstić information content (AvgIpc) is 3.44. The average molecular weight is 494 g/mol. The Morgan fingerprint density at radius 3 is 2.57 bits per heavy atom. The molecule has 0 aliphatic heterocycles. The number of aromatic nitrogens is 2. The summed E-state index contributed by atoms with van der Waals surface area (Å²) in [5.41, 5.74) is 2.25. The predicted molar refractivity (Wildman–Crippen MR) is 138 cm³/mol. The van der Waals surface area contributed by atoms with Gasteiger partial charge in [0, 0.05) is 15.8 Å². The Morgan fingerprint density at radius 1 is 1.14 bits per heavy atom. The highest BCUT2D eigenvalue weighted by atomic mass is 35.5. The Kier molecular flexibility index (Phi) is 6.86. The Labute approximate surface area is 209 Å². The third-order valence-electron chi connectivity index (χ3n) is 6.41. The Morgan fingerprint density at radius 2 is 1.89 bits per heavy atom. The van der Waals surface area contributed by atoms with Gasteiger partial charge in [0.1, 0.15) is 17.7 Å². The molecule has 4 aromatic rings. The maximum absolute atomic E-state index is 13.3. The molecule has 7 heteroatoms. The molecule has 1 N–H and O–H groups in total. The number of hydrogen-bond donors (Lipinski definition) is 1. The van der Waals surface area contributed by atoms with E-state index in [0.717, 1.165) is 35.0 Å². The molecule has 0 radical (unpaired) electrons. The van der Waals surface area contributed by atoms with Gasteiger partial charge in [-0.2, -0.15) is 5.10 Å². The number of carbonyl (C=O) groups excluding carboxylic acids is 1. The van der Waals surface area contributed by atoms with E-state index in [9.17, 15) is 9.18 Å². The van der Waals surface area contributed by atoms with Gasteiger partial charge in [0.25, 0.3) is 0 Å². The standard InChI is InChI=1S/C27H25ClFN3O2.CH4/c1-17(31-26(33)27(2)12-13-27)25(18-4-3-5-20(28)14-18)34-23-10-11-24-19(15-23)16-30-32(24)22-8-6-21(29)7-9-22;/h3-11,14-17,25H,12-13H2,1-2H3,(H,31,33);1H4/t17-,25-;/m0./s1. The molecule has 3 aromatic carbocycles. The topological polar surface area (TPSA) is 56.1 Å². The SMILES string of the molecule is C.C[C@H](NC(=O)C1(C)CC1)[C@H](Oc1ccc2c(cnn2-c2ccc(F)cc2)c1)c1cccc(Cl)c1. The number of hydrogen-bond acceptors (Lipinski definition) is 3. The van der Waals surface area contributed by atoms with Crippen molar-refractivity contribution in [1.29, 1.82) is 0 Å². The third kappa shape index (κ3) is 5.17. The van der Waals surface area contributed by atoms with E-state index in [1.807, 2.05) is 56.3 Å². The second-order valence-corrected chi connectivity index (χ2v) is 9.61. The smallest absolute Gasteiger partial charge is 0.226 e. The van der Waals surface area contributed by atoms with E-state index in [0.29, 0.717) is 10.8 Å². The van der Waals surface area contributed by atoms with Crippen molar-refractivity contribution in [3.8, 4) is 11.4 Å². The quantitative estimate of drug-likeness (QED) is 0.305. The molecule has 1 amide bonds. The molecule has 1 saturated carbocycles. The van der Waals surface area contributed by atoms with Crippen LogP contribution in [0.3, 0.4) is 0 Å². The lowest BCUT2D eigenvalue weighted by Gasteiger charge is -2.27. The number of rotatable bonds is 7. The molecule has 1 aliphatic rings. The molecule has 2 atom stereocenters. The van der Waals surface area contributed by atoms with Gasteiger partial charge in [-0.05, 0) is 79.9 Å². The highest BCUT2D eigenvalue weighted by Crippen LogP contribution is 2.45. The van der Waals surface area contributed by atoms with E-state index in [-0.39, 0.29) is 30.6 Å². The zero-order valence-electron chi connectivity index (χ0n) is 19.0. The van der Waals surface area contributed by atoms with Crippen LogP contribution in [-0.4, -0.2) is 21.7 Å². The highest BCUT2D eigenvalue weighted by Gasteiger charge is 2.45. The fourth-order valence-corrected chi connectivity index (χ4v) is 4.23. The van der Waals surface area contributed by atoms with Crippen molar-refractivity contribution in [1.82, 2.24) is 15.1 Å². The first kappa shape index (κ1) is 24.7. The number of nitrogens with one attached hydrogen (secondary N) is 1. The number of ether oxygens (including phenoxy) is 1. The van der Waals surface area contributed by atoms with E-state index in [1.54, 1.807) is 23.0 Å². The lowest BCUT2D eigenvalue weighted by molar-refractivity contribution is -0.127. The Hall–Kier alpha value is -3.38. The van der Waals surface area contributed by atoms with Crippen molar-refractivity contribution in [3.05, 3.63) is 89.3 Å². The van der Waals surface area contributed by atoms with Crippen LogP contribution in [0.4, 0.5) is 4.39 Å². The molecule has 5 nitrogen and oxygen atoms in total. The first-order valence-electron chi connectivity index (χ1n) is 11.3. The van der Waals surface area contributed by atoms with Crippen LogP contribution in [-0.2, 0) is 4.79 Å². The summed E-state index contributed by atoms with van der Waals surface area (Å²) in [6, 6.07) is 19.1. The summed E-state index contributed by atoms with van der Waals surface area (Å²) in [6.07, 6.45) is 3.12. The summed E-state index contributed by atoms with van der Waals surface area (Å²) in [4.78, 5) is 12.7. The van der Waals surface area contributed by atoms with Crippen molar-refractivity contribution < 1.29 is 13.9 Å². The summed E-state index contributed by atoms with van der Waals surface area (Å²) in [5.74, 6) is 0.404. The molecule has 0 saturated heterocycles. The fraction of sp³-hybridized carbons (Fsp3) is 0.286. The molecular formula is C28H29ClFN3O2. The van der Waals surface area contributed by atoms with Crippen LogP contribution in [0, 0.1) is 11.2 Å². The molecule has 35 heavy (non-hydrogen) atoms. The van der Waals surface area contributed by atoms with Crippen molar-refractivity contribution in [2.45, 2.75) is 46.3 Å². The van der Waals surface area contributed by atoms with E-state index >= 15 is 0 Å². The van der Waals surface area contributed by atoms with Crippen molar-refractivity contribution >= 4 is 28.4 Å². The largest absolute Gasteiger partial charge is 0.484 e. The molecular weight excluding hydrogens is 465 g/mol. The molecule has 1 heterocycles. The summed E-state index contributed by atoms with van der Waals surface area (Å²) < 4.78 is 21.5. The third-order valence-corrected chi connectivity index (χ3v) is 6.65. The van der Waals surface area contributed by atoms with Gasteiger partial charge in [-0.1, -0.05) is 38.1 Å². The van der Waals surface area contributed by atoms with Gasteiger partial charge in [0.15, 0.2) is 0 Å². The Balaban J connectivity index is 0.00000289. The number of amides is 1. The summed E-state index contributed by atoms with van der Waals surface area (Å²) >= 11 is 6.26. The van der Waals surface area contributed by atoms with Gasteiger partial charge in [-0.15, -0.1) is 0 Å². The maximum Gasteiger partial charge on any atom is 0.226 e. The van der Waals surface area contributed by atoms with E-state index in [1.165, 1.54) is 12.1 Å². The van der Waals surface area contributed by atoms with Crippen LogP contribution in [0.1, 0.15) is 45.8 Å². The van der Waals surface area contributed by atoms with Gasteiger partial charge in [-0.3, -0.25) is 4.79 Å². The van der Waals surface area contributed by atoms with Gasteiger partial charge in [-0.25, -0.2) is 9.07 Å². The highest BCUT2D eigenvalue weighted by molar-refractivity contribution is 6.30. The van der Waals surface area contributed by atoms with Crippen LogP contribution in [0.5, 0.6) is 5.75 Å². The minimum Gasteiger partial charge on any atom is -0.484 e. The minimum atomic E-state index is -0.436. The van der Waals surface area contributed by atoms with Crippen LogP contribution in [0.25, 0.3) is 16.6 Å². The van der Waals surface area contributed by atoms with E-state index < -0.39 is 6.10 Å². The normalized spacial score (nSPS) is 15.7. The minimum absolute atomic E-state index is 0. The van der Waals surface area contributed by atoms with E-state index in [4.69, 9.17) is 16.3 Å². The predicted octanol–water partition coefficient (Wildman–Crippen LogP) is 6.88. The zero-order valence-corrected chi connectivity index (χ0v) is 19.7. The maximum atomic E-state index is 13.3. The summed E-state index contributed by atoms with van der Waals surface area (Å²) in [5, 5.41) is 9.08. The van der Waals surface area contributed by atoms with Gasteiger partial charge >= 0.3 is 0 Å². The summed E-state index contributed by atoms with van der Waals surface area (Å²) in [7, 11) is 0. The molecule has 0 bridgehead atoms. The zero-order chi connectivity index (χ0) is 23.9. The Bertz CT molecular complexity index is 1350. The number of benzene rings is 3. The molecule has 5 rings (SSSR count). The molecule has 1 aromatic heterocycles. The monoisotopic (exact) mass is 493 g/mol. The van der Waals surface area contributed by atoms with E-state index in [2.05, 4.69) is 10.4 Å². The van der Waals surface area contributed by atoms with Gasteiger partial charge in [0.2, 0.25) is 5.91 Å². The second-order valence-electron chi connectivity index (χ2n) is 9.17.